The molecule has 0 amide bonds. The van der Waals surface area contributed by atoms with E-state index < -0.39 is 0 Å². The van der Waals surface area contributed by atoms with Gasteiger partial charge in [0.25, 0.3) is 5.56 Å². The minimum absolute atomic E-state index is 0.228. The van der Waals surface area contributed by atoms with E-state index in [4.69, 9.17) is 4.98 Å². The number of hydrogen-bond donors (Lipinski definition) is 3. The third-order valence-corrected chi connectivity index (χ3v) is 9.08. The first kappa shape index (κ1) is 25.2. The quantitative estimate of drug-likeness (QED) is 0.269. The van der Waals surface area contributed by atoms with E-state index in [2.05, 4.69) is 52.7 Å². The lowest BCUT2D eigenvalue weighted by atomic mass is 9.73. The topological polar surface area (TPSA) is 100 Å². The van der Waals surface area contributed by atoms with Gasteiger partial charge in [-0.15, -0.1) is 0 Å². The minimum atomic E-state index is -0.230. The molecule has 8 nitrogen and oxygen atoms in total. The molecule has 0 radical (unpaired) electrons. The molecular formula is C30H40N6O2. The molecule has 2 atom stereocenters. The van der Waals surface area contributed by atoms with Crippen molar-refractivity contribution in [2.45, 2.75) is 77.8 Å². The van der Waals surface area contributed by atoms with Crippen molar-refractivity contribution in [2.75, 3.05) is 13.1 Å². The van der Waals surface area contributed by atoms with Gasteiger partial charge in [-0.05, 0) is 87.4 Å². The Labute approximate surface area is 222 Å². The molecule has 2 fully saturated rings. The molecule has 38 heavy (non-hydrogen) atoms. The third-order valence-electron chi connectivity index (χ3n) is 9.08. The van der Waals surface area contributed by atoms with Crippen LogP contribution in [-0.2, 0) is 19.5 Å². The smallest absolute Gasteiger partial charge is 0.332 e. The fraction of sp³-hybridized carbons (Fsp3) is 0.567. The average molecular weight is 517 g/mol. The van der Waals surface area contributed by atoms with Crippen molar-refractivity contribution in [1.82, 2.24) is 29.4 Å². The maximum atomic E-state index is 13.2. The number of para-hydroxylation sites is 1. The molecule has 6 rings (SSSR count). The highest BCUT2D eigenvalue weighted by Gasteiger charge is 2.43. The Morgan fingerprint density at radius 3 is 2.53 bits per heavy atom. The molecule has 3 aromatic heterocycles. The lowest BCUT2D eigenvalue weighted by Crippen LogP contribution is -2.40. The largest absolute Gasteiger partial charge is 0.361 e. The Bertz CT molecular complexity index is 1530. The van der Waals surface area contributed by atoms with Crippen molar-refractivity contribution in [1.29, 1.82) is 0 Å². The van der Waals surface area contributed by atoms with Crippen molar-refractivity contribution in [2.24, 2.45) is 17.8 Å². The summed E-state index contributed by atoms with van der Waals surface area (Å²) >= 11 is 0. The molecule has 1 aromatic carbocycles. The Balaban J connectivity index is 1.14. The summed E-state index contributed by atoms with van der Waals surface area (Å²) in [6.45, 7) is 7.12. The highest BCUT2D eigenvalue weighted by molar-refractivity contribution is 5.83. The maximum Gasteiger partial charge on any atom is 0.332 e. The van der Waals surface area contributed by atoms with Crippen LogP contribution >= 0.6 is 0 Å². The van der Waals surface area contributed by atoms with Gasteiger partial charge in [-0.2, -0.15) is 0 Å². The van der Waals surface area contributed by atoms with Crippen LogP contribution in [0.25, 0.3) is 22.1 Å². The summed E-state index contributed by atoms with van der Waals surface area (Å²) in [5.74, 6) is 3.30. The van der Waals surface area contributed by atoms with Crippen LogP contribution < -0.4 is 16.6 Å². The zero-order chi connectivity index (χ0) is 26.2. The molecule has 3 N–H and O–H groups in total. The zero-order valence-electron chi connectivity index (χ0n) is 22.6. The van der Waals surface area contributed by atoms with Gasteiger partial charge in [0.1, 0.15) is 11.3 Å². The molecule has 0 saturated heterocycles. The lowest BCUT2D eigenvalue weighted by molar-refractivity contribution is 0.197. The van der Waals surface area contributed by atoms with E-state index in [1.165, 1.54) is 33.9 Å². The Kier molecular flexibility index (Phi) is 6.99. The van der Waals surface area contributed by atoms with Crippen molar-refractivity contribution in [3.8, 4) is 0 Å². The van der Waals surface area contributed by atoms with Crippen LogP contribution in [0.5, 0.6) is 0 Å². The van der Waals surface area contributed by atoms with Gasteiger partial charge in [-0.1, -0.05) is 32.0 Å². The summed E-state index contributed by atoms with van der Waals surface area (Å²) in [6, 6.07) is 8.51. The first-order valence-electron chi connectivity index (χ1n) is 14.6. The van der Waals surface area contributed by atoms with Gasteiger partial charge in [0.15, 0.2) is 5.65 Å². The number of H-pyrrole nitrogens is 2. The standard InChI is InChI=1S/C30H40N6O2/c1-3-13-35-28-26(29(37)36(14-4-2)30(35)38)33-27(34-28)22-15-19-9-10-20(16-22)24(19)18-31-12-11-21-17-32-25-8-6-5-7-23(21)25/h5-8,17,19-20,22,24,31-32H,3-4,9-16,18H2,1-2H3,(H,33,34). The maximum absolute atomic E-state index is 13.2. The highest BCUT2D eigenvalue weighted by Crippen LogP contribution is 2.51. The van der Waals surface area contributed by atoms with Gasteiger partial charge in [-0.3, -0.25) is 13.9 Å². The highest BCUT2D eigenvalue weighted by atomic mass is 16.2. The van der Waals surface area contributed by atoms with Crippen LogP contribution in [0.15, 0.2) is 40.1 Å². The fourth-order valence-corrected chi connectivity index (χ4v) is 7.26. The lowest BCUT2D eigenvalue weighted by Gasteiger charge is -2.34. The molecule has 202 valence electrons. The predicted octanol–water partition coefficient (Wildman–Crippen LogP) is 4.54. The molecule has 2 bridgehead atoms. The van der Waals surface area contributed by atoms with E-state index in [0.717, 1.165) is 51.0 Å². The molecule has 0 spiro atoms. The number of aryl methyl sites for hydroxylation is 1. The Hall–Kier alpha value is -3.13. The molecule has 2 aliphatic carbocycles. The van der Waals surface area contributed by atoms with E-state index in [1.807, 2.05) is 6.92 Å². The van der Waals surface area contributed by atoms with Gasteiger partial charge >= 0.3 is 5.69 Å². The van der Waals surface area contributed by atoms with E-state index >= 15 is 0 Å². The number of aromatic nitrogens is 5. The Morgan fingerprint density at radius 2 is 1.76 bits per heavy atom. The monoisotopic (exact) mass is 516 g/mol. The van der Waals surface area contributed by atoms with Crippen molar-refractivity contribution in [3.05, 3.63) is 62.7 Å². The third kappa shape index (κ3) is 4.42. The van der Waals surface area contributed by atoms with Crippen LogP contribution in [-0.4, -0.2) is 37.2 Å². The van der Waals surface area contributed by atoms with Gasteiger partial charge in [-0.25, -0.2) is 9.78 Å². The second kappa shape index (κ2) is 10.6. The normalized spacial score (nSPS) is 23.1. The summed E-state index contributed by atoms with van der Waals surface area (Å²) in [7, 11) is 0. The Morgan fingerprint density at radius 1 is 1.03 bits per heavy atom. The first-order valence-corrected chi connectivity index (χ1v) is 14.6. The van der Waals surface area contributed by atoms with Gasteiger partial charge in [0.2, 0.25) is 0 Å². The van der Waals surface area contributed by atoms with Gasteiger partial charge < -0.3 is 15.3 Å². The zero-order valence-corrected chi connectivity index (χ0v) is 22.6. The average Bonchev–Trinajstić information content (AvgIpc) is 3.61. The van der Waals surface area contributed by atoms with Crippen molar-refractivity contribution in [3.63, 3.8) is 0 Å². The molecule has 4 aromatic rings. The van der Waals surface area contributed by atoms with E-state index in [9.17, 15) is 9.59 Å². The summed E-state index contributed by atoms with van der Waals surface area (Å²) in [4.78, 5) is 37.9. The van der Waals surface area contributed by atoms with Crippen LogP contribution in [0.2, 0.25) is 0 Å². The molecule has 2 aliphatic rings. The number of hydrogen-bond acceptors (Lipinski definition) is 4. The second-order valence-electron chi connectivity index (χ2n) is 11.5. The fourth-order valence-electron chi connectivity index (χ4n) is 7.26. The molecule has 2 unspecified atom stereocenters. The van der Waals surface area contributed by atoms with Gasteiger partial charge in [0.05, 0.1) is 0 Å². The van der Waals surface area contributed by atoms with Gasteiger partial charge in [0, 0.05) is 36.1 Å². The number of aromatic amines is 2. The van der Waals surface area contributed by atoms with Crippen molar-refractivity contribution < 1.29 is 0 Å². The van der Waals surface area contributed by atoms with Crippen LogP contribution in [0.3, 0.4) is 0 Å². The number of fused-ring (bicyclic) bond motifs is 4. The summed E-state index contributed by atoms with van der Waals surface area (Å²) in [5.41, 5.74) is 3.16. The summed E-state index contributed by atoms with van der Waals surface area (Å²) in [6.07, 6.45) is 9.51. The summed E-state index contributed by atoms with van der Waals surface area (Å²) in [5, 5.41) is 5.09. The summed E-state index contributed by atoms with van der Waals surface area (Å²) < 4.78 is 3.08. The molecule has 2 saturated carbocycles. The second-order valence-corrected chi connectivity index (χ2v) is 11.5. The van der Waals surface area contributed by atoms with E-state index in [-0.39, 0.29) is 11.2 Å². The molecule has 0 aliphatic heterocycles. The number of nitrogens with zero attached hydrogens (tertiary/aromatic N) is 3. The first-order chi connectivity index (χ1) is 18.6. The predicted molar refractivity (Wildman–Crippen MR) is 152 cm³/mol. The number of imidazole rings is 1. The van der Waals surface area contributed by atoms with E-state index in [0.29, 0.717) is 47.9 Å². The minimum Gasteiger partial charge on any atom is -0.361 e. The van der Waals surface area contributed by atoms with Crippen molar-refractivity contribution >= 4 is 22.1 Å². The van der Waals surface area contributed by atoms with E-state index in [1.54, 1.807) is 4.57 Å². The SMILES string of the molecule is CCCn1c(=O)c2[nH]c(C3CC4CCC(C3)C4CNCCc3c[nH]c4ccccc34)nc2n(CCC)c1=O. The number of rotatable bonds is 10. The van der Waals surface area contributed by atoms with Crippen LogP contribution in [0.1, 0.15) is 69.7 Å². The molecule has 3 heterocycles. The molecular weight excluding hydrogens is 476 g/mol. The number of benzene rings is 1. The van der Waals surface area contributed by atoms with Crippen LogP contribution in [0.4, 0.5) is 0 Å². The van der Waals surface area contributed by atoms with Crippen LogP contribution in [0, 0.1) is 17.8 Å². The molecule has 8 heteroatoms. The number of nitrogens with one attached hydrogen (secondary N) is 3.